The smallest absolute Gasteiger partial charge is 0.186 e. The van der Waals surface area contributed by atoms with E-state index in [1.807, 2.05) is 0 Å². The summed E-state index contributed by atoms with van der Waals surface area (Å²) < 4.78 is 35.0. The highest BCUT2D eigenvalue weighted by Gasteiger charge is 2.32. The third kappa shape index (κ3) is 3.22. The van der Waals surface area contributed by atoms with Crippen molar-refractivity contribution >= 4 is 15.5 Å². The molecule has 2 unspecified atom stereocenters. The van der Waals surface area contributed by atoms with Crippen LogP contribution in [-0.4, -0.2) is 40.6 Å². The lowest BCUT2D eigenvalue weighted by Crippen LogP contribution is -2.37. The summed E-state index contributed by atoms with van der Waals surface area (Å²) in [6.07, 6.45) is -0.462. The van der Waals surface area contributed by atoms with Crippen LogP contribution in [0, 0.1) is 0 Å². The maximum atomic E-state index is 12.5. The molecule has 5 nitrogen and oxygen atoms in total. The van der Waals surface area contributed by atoms with Crippen LogP contribution in [0.5, 0.6) is 0 Å². The average molecular weight is 273 g/mol. The minimum absolute atomic E-state index is 0.0755. The van der Waals surface area contributed by atoms with Gasteiger partial charge in [0.1, 0.15) is 5.25 Å². The number of hydrogen-bond donors (Lipinski definition) is 1. The molecule has 0 fully saturated rings. The largest absolute Gasteiger partial charge is 0.399 e. The second-order valence-electron chi connectivity index (χ2n) is 4.05. The Morgan fingerprint density at radius 3 is 2.50 bits per heavy atom. The molecular formula is C12H19NO4S. The standard InChI is InChI=1S/C12H19NO4S/c1-9(17-3)12(8-16-2)18(14,15)11-6-4-5-10(13)7-11/h4-7,9,12H,8,13H2,1-3H3. The normalized spacial score (nSPS) is 15.3. The second kappa shape index (κ2) is 6.17. The van der Waals surface area contributed by atoms with E-state index in [9.17, 15) is 8.42 Å². The first kappa shape index (κ1) is 14.9. The van der Waals surface area contributed by atoms with Gasteiger partial charge in [-0.15, -0.1) is 0 Å². The fraction of sp³-hybridized carbons (Fsp3) is 0.500. The molecule has 0 saturated heterocycles. The summed E-state index contributed by atoms with van der Waals surface area (Å²) in [5.74, 6) is 0. The highest BCUT2D eigenvalue weighted by Crippen LogP contribution is 2.21. The lowest BCUT2D eigenvalue weighted by molar-refractivity contribution is 0.0820. The maximum Gasteiger partial charge on any atom is 0.186 e. The van der Waals surface area contributed by atoms with Gasteiger partial charge in [0, 0.05) is 19.9 Å². The summed E-state index contributed by atoms with van der Waals surface area (Å²) in [6, 6.07) is 6.23. The Balaban J connectivity index is 3.16. The van der Waals surface area contributed by atoms with E-state index in [0.29, 0.717) is 5.69 Å². The van der Waals surface area contributed by atoms with Crippen LogP contribution in [-0.2, 0) is 19.3 Å². The quantitative estimate of drug-likeness (QED) is 0.785. The maximum absolute atomic E-state index is 12.5. The molecule has 0 aromatic heterocycles. The molecule has 2 atom stereocenters. The minimum Gasteiger partial charge on any atom is -0.399 e. The van der Waals surface area contributed by atoms with Crippen molar-refractivity contribution in [2.45, 2.75) is 23.2 Å². The summed E-state index contributed by atoms with van der Waals surface area (Å²) in [7, 11) is -0.590. The monoisotopic (exact) mass is 273 g/mol. The molecule has 1 aromatic rings. The third-order valence-corrected chi connectivity index (χ3v) is 5.04. The fourth-order valence-corrected chi connectivity index (χ4v) is 3.51. The van der Waals surface area contributed by atoms with Crippen molar-refractivity contribution in [2.75, 3.05) is 26.6 Å². The van der Waals surface area contributed by atoms with Gasteiger partial charge in [-0.1, -0.05) is 6.07 Å². The van der Waals surface area contributed by atoms with E-state index in [0.717, 1.165) is 0 Å². The first-order valence-electron chi connectivity index (χ1n) is 5.54. The first-order valence-corrected chi connectivity index (χ1v) is 7.09. The number of rotatable bonds is 6. The molecule has 6 heteroatoms. The van der Waals surface area contributed by atoms with Gasteiger partial charge in [0.2, 0.25) is 0 Å². The van der Waals surface area contributed by atoms with Crippen molar-refractivity contribution in [3.05, 3.63) is 24.3 Å². The van der Waals surface area contributed by atoms with Crippen LogP contribution in [0.25, 0.3) is 0 Å². The molecule has 0 spiro atoms. The van der Waals surface area contributed by atoms with Crippen molar-refractivity contribution in [3.8, 4) is 0 Å². The molecule has 102 valence electrons. The van der Waals surface area contributed by atoms with Crippen molar-refractivity contribution in [3.63, 3.8) is 0 Å². The van der Waals surface area contributed by atoms with Crippen molar-refractivity contribution < 1.29 is 17.9 Å². The van der Waals surface area contributed by atoms with Crippen LogP contribution >= 0.6 is 0 Å². The van der Waals surface area contributed by atoms with Gasteiger partial charge in [0.15, 0.2) is 9.84 Å². The van der Waals surface area contributed by atoms with Gasteiger partial charge >= 0.3 is 0 Å². The lowest BCUT2D eigenvalue weighted by Gasteiger charge is -2.22. The van der Waals surface area contributed by atoms with Crippen LogP contribution in [0.3, 0.4) is 0 Å². The van der Waals surface area contributed by atoms with Gasteiger partial charge in [-0.3, -0.25) is 0 Å². The topological polar surface area (TPSA) is 78.6 Å². The SMILES string of the molecule is COCC(C(C)OC)S(=O)(=O)c1cccc(N)c1. The predicted octanol–water partition coefficient (Wildman–Crippen LogP) is 1.09. The van der Waals surface area contributed by atoms with Gasteiger partial charge in [-0.2, -0.15) is 0 Å². The zero-order chi connectivity index (χ0) is 13.8. The molecule has 2 N–H and O–H groups in total. The summed E-state index contributed by atoms with van der Waals surface area (Å²) in [5.41, 5.74) is 6.03. The Morgan fingerprint density at radius 2 is 2.00 bits per heavy atom. The number of hydrogen-bond acceptors (Lipinski definition) is 5. The van der Waals surface area contributed by atoms with Crippen LogP contribution < -0.4 is 5.73 Å². The van der Waals surface area contributed by atoms with Crippen LogP contribution in [0.15, 0.2) is 29.2 Å². The highest BCUT2D eigenvalue weighted by molar-refractivity contribution is 7.92. The van der Waals surface area contributed by atoms with Crippen LogP contribution in [0.4, 0.5) is 5.69 Å². The number of nitrogen functional groups attached to an aromatic ring is 1. The number of benzene rings is 1. The van der Waals surface area contributed by atoms with Crippen molar-refractivity contribution in [1.82, 2.24) is 0 Å². The molecule has 0 aliphatic carbocycles. The van der Waals surface area contributed by atoms with Gasteiger partial charge in [-0.25, -0.2) is 8.42 Å². The third-order valence-electron chi connectivity index (χ3n) is 2.81. The first-order chi connectivity index (χ1) is 8.43. The van der Waals surface area contributed by atoms with Crippen molar-refractivity contribution in [1.29, 1.82) is 0 Å². The molecule has 0 aliphatic heterocycles. The summed E-state index contributed by atoms with van der Waals surface area (Å²) >= 11 is 0. The van der Waals surface area contributed by atoms with Crippen molar-refractivity contribution in [2.24, 2.45) is 0 Å². The van der Waals surface area contributed by atoms with E-state index in [-0.39, 0.29) is 11.5 Å². The van der Waals surface area contributed by atoms with E-state index >= 15 is 0 Å². The van der Waals surface area contributed by atoms with E-state index in [1.165, 1.54) is 26.4 Å². The van der Waals surface area contributed by atoms with Gasteiger partial charge in [0.25, 0.3) is 0 Å². The van der Waals surface area contributed by atoms with Gasteiger partial charge < -0.3 is 15.2 Å². The van der Waals surface area contributed by atoms with E-state index in [4.69, 9.17) is 15.2 Å². The molecule has 0 aliphatic rings. The molecule has 1 aromatic carbocycles. The predicted molar refractivity (Wildman–Crippen MR) is 70.2 cm³/mol. The number of anilines is 1. The molecule has 0 bridgehead atoms. The lowest BCUT2D eigenvalue weighted by atomic mass is 10.3. The Kier molecular flexibility index (Phi) is 5.13. The zero-order valence-corrected chi connectivity index (χ0v) is 11.6. The van der Waals surface area contributed by atoms with Gasteiger partial charge in [-0.05, 0) is 25.1 Å². The fourth-order valence-electron chi connectivity index (χ4n) is 1.66. The number of ether oxygens (including phenoxy) is 2. The van der Waals surface area contributed by atoms with Crippen LogP contribution in [0.1, 0.15) is 6.92 Å². The minimum atomic E-state index is -3.53. The Morgan fingerprint density at radius 1 is 1.33 bits per heavy atom. The van der Waals surface area contributed by atoms with E-state index in [1.54, 1.807) is 19.1 Å². The molecule has 0 amide bonds. The van der Waals surface area contributed by atoms with Gasteiger partial charge in [0.05, 0.1) is 17.6 Å². The number of methoxy groups -OCH3 is 2. The Bertz CT molecular complexity index is 487. The Hall–Kier alpha value is -1.11. The zero-order valence-electron chi connectivity index (χ0n) is 10.8. The Labute approximate surface area is 108 Å². The summed E-state index contributed by atoms with van der Waals surface area (Å²) in [5, 5.41) is -0.755. The molecular weight excluding hydrogens is 254 g/mol. The average Bonchev–Trinajstić information content (AvgIpc) is 2.35. The van der Waals surface area contributed by atoms with Crippen LogP contribution in [0.2, 0.25) is 0 Å². The van der Waals surface area contributed by atoms with E-state index < -0.39 is 21.2 Å². The second-order valence-corrected chi connectivity index (χ2v) is 6.22. The molecule has 1 rings (SSSR count). The number of sulfone groups is 1. The van der Waals surface area contributed by atoms with E-state index in [2.05, 4.69) is 0 Å². The summed E-state index contributed by atoms with van der Waals surface area (Å²) in [4.78, 5) is 0.188. The molecule has 18 heavy (non-hydrogen) atoms. The molecule has 0 saturated carbocycles. The highest BCUT2D eigenvalue weighted by atomic mass is 32.2. The number of nitrogens with two attached hydrogens (primary N) is 1. The summed E-state index contributed by atoms with van der Waals surface area (Å²) in [6.45, 7) is 1.78. The molecule has 0 radical (unpaired) electrons. The molecule has 0 heterocycles.